The van der Waals surface area contributed by atoms with E-state index in [-0.39, 0.29) is 17.9 Å². The van der Waals surface area contributed by atoms with Gasteiger partial charge >= 0.3 is 6.09 Å². The first kappa shape index (κ1) is 21.4. The Morgan fingerprint density at radius 3 is 2.68 bits per heavy atom. The first-order valence-corrected chi connectivity index (χ1v) is 11.3. The maximum Gasteiger partial charge on any atom is 0.415 e. The van der Waals surface area contributed by atoms with Gasteiger partial charge < -0.3 is 24.7 Å². The number of hydrogen-bond donors (Lipinski definition) is 3. The number of rotatable bonds is 5. The van der Waals surface area contributed by atoms with E-state index in [2.05, 4.69) is 19.9 Å². The Morgan fingerprint density at radius 2 is 2.10 bits per heavy atom. The number of likely N-dealkylation sites (tertiary alicyclic amines) is 1. The zero-order valence-electron chi connectivity index (χ0n) is 17.2. The average Bonchev–Trinajstić information content (AvgIpc) is 3.37. The monoisotopic (exact) mass is 460 g/mol. The first-order chi connectivity index (χ1) is 14.9. The minimum atomic E-state index is -0.390. The number of aromatic nitrogens is 5. The Balaban J connectivity index is 1.35. The zero-order chi connectivity index (χ0) is 22.0. The maximum atomic E-state index is 12.5. The van der Waals surface area contributed by atoms with Crippen molar-refractivity contribution in [2.75, 3.05) is 13.1 Å². The van der Waals surface area contributed by atoms with Crippen LogP contribution < -0.4 is 4.74 Å². The predicted octanol–water partition coefficient (Wildman–Crippen LogP) is 4.24. The molecule has 3 N–H and O–H groups in total. The van der Waals surface area contributed by atoms with Crippen molar-refractivity contribution >= 4 is 30.1 Å². The fourth-order valence-electron chi connectivity index (χ4n) is 3.42. The molecule has 0 aliphatic carbocycles. The molecule has 1 aliphatic rings. The summed E-state index contributed by atoms with van der Waals surface area (Å²) in [5.74, 6) is 0.907. The van der Waals surface area contributed by atoms with Crippen molar-refractivity contribution in [3.05, 3.63) is 41.2 Å². The van der Waals surface area contributed by atoms with E-state index >= 15 is 0 Å². The molecule has 0 radical (unpaired) electrons. The summed E-state index contributed by atoms with van der Waals surface area (Å²) in [5, 5.41) is 11.8. The van der Waals surface area contributed by atoms with Crippen LogP contribution in [0.1, 0.15) is 38.3 Å². The van der Waals surface area contributed by atoms with Gasteiger partial charge in [0, 0.05) is 30.7 Å². The second-order valence-electron chi connectivity index (χ2n) is 7.58. The SMILES string of the molecule is CC(C)c1[nH]c(=S)n(-c2ccc(OC(=O)N3CCC(Sc4ncc[nH]4)CC3)cn2)c1O. The summed E-state index contributed by atoms with van der Waals surface area (Å²) in [4.78, 5) is 28.9. The number of ether oxygens (including phenoxy) is 1. The fourth-order valence-corrected chi connectivity index (χ4v) is 4.73. The van der Waals surface area contributed by atoms with Gasteiger partial charge in [-0.1, -0.05) is 25.6 Å². The highest BCUT2D eigenvalue weighted by Crippen LogP contribution is 2.29. The molecular formula is C20H24N6O3S2. The Hall–Kier alpha value is -2.79. The third-order valence-electron chi connectivity index (χ3n) is 5.08. The molecule has 0 unspecified atom stereocenters. The Bertz CT molecular complexity index is 1080. The van der Waals surface area contributed by atoms with Crippen molar-refractivity contribution in [2.24, 2.45) is 0 Å². The molecule has 0 saturated carbocycles. The van der Waals surface area contributed by atoms with Crippen LogP contribution in [0, 0.1) is 4.77 Å². The summed E-state index contributed by atoms with van der Waals surface area (Å²) in [5.41, 5.74) is 0.649. The summed E-state index contributed by atoms with van der Waals surface area (Å²) in [6, 6.07) is 3.30. The summed E-state index contributed by atoms with van der Waals surface area (Å²) < 4.78 is 7.29. The molecule has 0 aromatic carbocycles. The van der Waals surface area contributed by atoms with Gasteiger partial charge in [0.15, 0.2) is 15.7 Å². The Morgan fingerprint density at radius 1 is 1.32 bits per heavy atom. The van der Waals surface area contributed by atoms with Crippen molar-refractivity contribution in [2.45, 2.75) is 43.0 Å². The number of hydrogen-bond acceptors (Lipinski definition) is 7. The van der Waals surface area contributed by atoms with E-state index in [0.717, 1.165) is 18.0 Å². The van der Waals surface area contributed by atoms with E-state index < -0.39 is 0 Å². The van der Waals surface area contributed by atoms with Gasteiger partial charge in [-0.05, 0) is 43.1 Å². The number of pyridine rings is 1. The van der Waals surface area contributed by atoms with Crippen LogP contribution >= 0.6 is 24.0 Å². The Labute approximate surface area is 188 Å². The number of aromatic amines is 2. The largest absolute Gasteiger partial charge is 0.493 e. The molecule has 0 atom stereocenters. The minimum absolute atomic E-state index is 0.0348. The highest BCUT2D eigenvalue weighted by molar-refractivity contribution is 7.99. The molecule has 3 aromatic heterocycles. The van der Waals surface area contributed by atoms with Crippen LogP contribution in [0.5, 0.6) is 11.6 Å². The molecular weight excluding hydrogens is 436 g/mol. The lowest BCUT2D eigenvalue weighted by Gasteiger charge is -2.30. The van der Waals surface area contributed by atoms with E-state index in [9.17, 15) is 9.90 Å². The molecule has 0 bridgehead atoms. The number of carbonyl (C=O) groups excluding carboxylic acids is 1. The van der Waals surface area contributed by atoms with E-state index in [1.807, 2.05) is 20.0 Å². The third-order valence-corrected chi connectivity index (χ3v) is 6.62. The van der Waals surface area contributed by atoms with Crippen LogP contribution in [0.3, 0.4) is 0 Å². The Kier molecular flexibility index (Phi) is 6.33. The van der Waals surface area contributed by atoms with Gasteiger partial charge in [-0.25, -0.2) is 19.3 Å². The topological polar surface area (TPSA) is 112 Å². The van der Waals surface area contributed by atoms with Crippen LogP contribution in [0.15, 0.2) is 35.9 Å². The number of nitrogens with zero attached hydrogens (tertiary/aromatic N) is 4. The minimum Gasteiger partial charge on any atom is -0.493 e. The number of amides is 1. The van der Waals surface area contributed by atoms with Crippen molar-refractivity contribution in [1.82, 2.24) is 29.4 Å². The molecule has 1 fully saturated rings. The van der Waals surface area contributed by atoms with Gasteiger partial charge in [0.1, 0.15) is 5.82 Å². The van der Waals surface area contributed by atoms with Crippen LogP contribution in [-0.2, 0) is 0 Å². The summed E-state index contributed by atoms with van der Waals surface area (Å²) in [6.45, 7) is 5.18. The van der Waals surface area contributed by atoms with E-state index in [4.69, 9.17) is 17.0 Å². The van der Waals surface area contributed by atoms with Gasteiger partial charge in [0.2, 0.25) is 5.88 Å². The van der Waals surface area contributed by atoms with E-state index in [0.29, 0.717) is 40.4 Å². The predicted molar refractivity (Wildman–Crippen MR) is 120 cm³/mol. The average molecular weight is 461 g/mol. The van der Waals surface area contributed by atoms with Crippen LogP contribution in [0.25, 0.3) is 5.82 Å². The van der Waals surface area contributed by atoms with Crippen LogP contribution in [0.4, 0.5) is 4.79 Å². The number of piperidine rings is 1. The first-order valence-electron chi connectivity index (χ1n) is 10.1. The van der Waals surface area contributed by atoms with Gasteiger partial charge in [0.25, 0.3) is 0 Å². The van der Waals surface area contributed by atoms with Crippen LogP contribution in [-0.4, -0.2) is 58.9 Å². The van der Waals surface area contributed by atoms with E-state index in [1.165, 1.54) is 10.8 Å². The van der Waals surface area contributed by atoms with Gasteiger partial charge in [-0.3, -0.25) is 0 Å². The van der Waals surface area contributed by atoms with Crippen molar-refractivity contribution in [3.63, 3.8) is 0 Å². The van der Waals surface area contributed by atoms with Crippen molar-refractivity contribution in [1.29, 1.82) is 0 Å². The van der Waals surface area contributed by atoms with Crippen molar-refractivity contribution < 1.29 is 14.6 Å². The molecule has 4 rings (SSSR count). The third kappa shape index (κ3) is 4.77. The number of carbonyl (C=O) groups is 1. The molecule has 31 heavy (non-hydrogen) atoms. The fraction of sp³-hybridized carbons (Fsp3) is 0.400. The molecule has 164 valence electrons. The molecule has 9 nitrogen and oxygen atoms in total. The smallest absolute Gasteiger partial charge is 0.415 e. The number of aromatic hydroxyl groups is 1. The summed E-state index contributed by atoms with van der Waals surface area (Å²) >= 11 is 7.01. The lowest BCUT2D eigenvalue weighted by molar-refractivity contribution is 0.143. The highest BCUT2D eigenvalue weighted by atomic mass is 32.2. The molecule has 0 spiro atoms. The van der Waals surface area contributed by atoms with Gasteiger partial charge in [-0.15, -0.1) is 0 Å². The van der Waals surface area contributed by atoms with Gasteiger partial charge in [-0.2, -0.15) is 0 Å². The number of imidazole rings is 2. The quantitative estimate of drug-likeness (QED) is 0.488. The number of thioether (sulfide) groups is 1. The molecule has 11 heteroatoms. The molecule has 1 amide bonds. The standard InChI is InChI=1S/C20H24N6O3S2/c1-12(2)16-17(27)26(19(30)24-16)15-4-3-13(11-23-15)29-20(28)25-9-5-14(6-10-25)31-18-21-7-8-22-18/h3-4,7-8,11-12,14,27H,5-6,9-10H2,1-2H3,(H,21,22)(H,24,30). The second-order valence-corrected chi connectivity index (χ2v) is 9.25. The number of nitrogens with one attached hydrogen (secondary N) is 2. The number of H-pyrrole nitrogens is 2. The lowest BCUT2D eigenvalue weighted by atomic mass is 10.1. The second kappa shape index (κ2) is 9.15. The van der Waals surface area contributed by atoms with Crippen LogP contribution in [0.2, 0.25) is 0 Å². The molecule has 1 saturated heterocycles. The summed E-state index contributed by atoms with van der Waals surface area (Å²) in [7, 11) is 0. The summed E-state index contributed by atoms with van der Waals surface area (Å²) in [6.07, 6.45) is 6.36. The maximum absolute atomic E-state index is 12.5. The van der Waals surface area contributed by atoms with Crippen molar-refractivity contribution in [3.8, 4) is 17.4 Å². The molecule has 3 aromatic rings. The van der Waals surface area contributed by atoms with Gasteiger partial charge in [0.05, 0.1) is 11.9 Å². The molecule has 4 heterocycles. The zero-order valence-corrected chi connectivity index (χ0v) is 18.9. The highest BCUT2D eigenvalue weighted by Gasteiger charge is 2.25. The molecule has 1 aliphatic heterocycles. The normalized spacial score (nSPS) is 14.9. The lowest BCUT2D eigenvalue weighted by Crippen LogP contribution is -2.40. The van der Waals surface area contributed by atoms with E-state index in [1.54, 1.807) is 35.0 Å².